The van der Waals surface area contributed by atoms with Gasteiger partial charge in [-0.15, -0.1) is 0 Å². The summed E-state index contributed by atoms with van der Waals surface area (Å²) in [6.07, 6.45) is 1.85. The van der Waals surface area contributed by atoms with Crippen LogP contribution in [0, 0.1) is 13.8 Å². The number of hydrogen-bond acceptors (Lipinski definition) is 3. The van der Waals surface area contributed by atoms with Gasteiger partial charge in [-0.1, -0.05) is 31.2 Å². The first-order valence-electron chi connectivity index (χ1n) is 7.34. The molecule has 0 aliphatic carbocycles. The zero-order valence-corrected chi connectivity index (χ0v) is 12.7. The number of furan rings is 1. The second-order valence-electron chi connectivity index (χ2n) is 5.28. The van der Waals surface area contributed by atoms with Crippen molar-refractivity contribution < 1.29 is 4.42 Å². The van der Waals surface area contributed by atoms with E-state index in [0.717, 1.165) is 29.0 Å². The van der Waals surface area contributed by atoms with E-state index in [1.165, 1.54) is 11.1 Å². The van der Waals surface area contributed by atoms with Crippen molar-refractivity contribution in [3.63, 3.8) is 0 Å². The highest BCUT2D eigenvalue weighted by Crippen LogP contribution is 2.31. The molecule has 0 bridgehead atoms. The van der Waals surface area contributed by atoms with Gasteiger partial charge in [0.15, 0.2) is 0 Å². The fourth-order valence-corrected chi connectivity index (χ4v) is 2.89. The van der Waals surface area contributed by atoms with Crippen molar-refractivity contribution in [3.8, 4) is 0 Å². The predicted octanol–water partition coefficient (Wildman–Crippen LogP) is 4.14. The zero-order valence-electron chi connectivity index (χ0n) is 12.7. The zero-order chi connectivity index (χ0) is 14.8. The van der Waals surface area contributed by atoms with Crippen LogP contribution in [-0.4, -0.2) is 11.5 Å². The van der Waals surface area contributed by atoms with E-state index in [1.807, 2.05) is 26.1 Å². The highest BCUT2D eigenvalue weighted by atomic mass is 16.3. The summed E-state index contributed by atoms with van der Waals surface area (Å²) in [6.45, 7) is 7.01. The standard InChI is InChI=1S/C18H20N2O/c1-4-19-18(16-11-12(2)21-13(16)3)15-9-5-7-14-8-6-10-20-17(14)15/h5-11,18-19H,4H2,1-3H3. The Bertz CT molecular complexity index is 756. The van der Waals surface area contributed by atoms with Gasteiger partial charge in [0.05, 0.1) is 11.6 Å². The molecule has 0 fully saturated rings. The summed E-state index contributed by atoms with van der Waals surface area (Å²) >= 11 is 0. The average molecular weight is 280 g/mol. The van der Waals surface area contributed by atoms with E-state index < -0.39 is 0 Å². The number of hydrogen-bond donors (Lipinski definition) is 1. The van der Waals surface area contributed by atoms with Crippen molar-refractivity contribution >= 4 is 10.9 Å². The van der Waals surface area contributed by atoms with Crippen LogP contribution in [0.5, 0.6) is 0 Å². The lowest BCUT2D eigenvalue weighted by Gasteiger charge is -2.19. The second kappa shape index (κ2) is 5.70. The van der Waals surface area contributed by atoms with Crippen LogP contribution >= 0.6 is 0 Å². The molecule has 0 aliphatic rings. The van der Waals surface area contributed by atoms with Crippen LogP contribution in [0.2, 0.25) is 0 Å². The normalized spacial score (nSPS) is 12.7. The molecule has 0 radical (unpaired) electrons. The molecule has 1 N–H and O–H groups in total. The van der Waals surface area contributed by atoms with Crippen LogP contribution in [0.1, 0.15) is 35.6 Å². The van der Waals surface area contributed by atoms with Gasteiger partial charge < -0.3 is 9.73 Å². The third-order valence-corrected chi connectivity index (χ3v) is 3.77. The lowest BCUT2D eigenvalue weighted by molar-refractivity contribution is 0.495. The molecular weight excluding hydrogens is 260 g/mol. The summed E-state index contributed by atoms with van der Waals surface area (Å²) in [4.78, 5) is 4.58. The number of aryl methyl sites for hydroxylation is 2. The number of benzene rings is 1. The van der Waals surface area contributed by atoms with Gasteiger partial charge in [-0.05, 0) is 38.1 Å². The highest BCUT2D eigenvalue weighted by molar-refractivity contribution is 5.82. The minimum Gasteiger partial charge on any atom is -0.466 e. The average Bonchev–Trinajstić information content (AvgIpc) is 2.83. The largest absolute Gasteiger partial charge is 0.466 e. The Hall–Kier alpha value is -2.13. The summed E-state index contributed by atoms with van der Waals surface area (Å²) < 4.78 is 5.71. The molecule has 2 heterocycles. The Morgan fingerprint density at radius 1 is 1.14 bits per heavy atom. The van der Waals surface area contributed by atoms with E-state index >= 15 is 0 Å². The Kier molecular flexibility index (Phi) is 3.76. The van der Waals surface area contributed by atoms with Crippen LogP contribution < -0.4 is 5.32 Å². The summed E-state index contributed by atoms with van der Waals surface area (Å²) in [7, 11) is 0. The van der Waals surface area contributed by atoms with E-state index in [1.54, 1.807) is 0 Å². The molecule has 2 aromatic heterocycles. The Balaban J connectivity index is 2.18. The lowest BCUT2D eigenvalue weighted by Crippen LogP contribution is -2.22. The fourth-order valence-electron chi connectivity index (χ4n) is 2.89. The van der Waals surface area contributed by atoms with Crippen molar-refractivity contribution in [1.82, 2.24) is 10.3 Å². The van der Waals surface area contributed by atoms with Gasteiger partial charge in [-0.25, -0.2) is 0 Å². The number of pyridine rings is 1. The maximum atomic E-state index is 5.71. The van der Waals surface area contributed by atoms with Crippen molar-refractivity contribution in [3.05, 3.63) is 65.2 Å². The highest BCUT2D eigenvalue weighted by Gasteiger charge is 2.20. The van der Waals surface area contributed by atoms with E-state index in [4.69, 9.17) is 4.42 Å². The first kappa shape index (κ1) is 13.8. The van der Waals surface area contributed by atoms with Gasteiger partial charge in [0.2, 0.25) is 0 Å². The smallest absolute Gasteiger partial charge is 0.106 e. The molecule has 1 atom stereocenters. The molecule has 3 heteroatoms. The Morgan fingerprint density at radius 3 is 2.67 bits per heavy atom. The third kappa shape index (κ3) is 2.57. The maximum Gasteiger partial charge on any atom is 0.106 e. The van der Waals surface area contributed by atoms with Crippen LogP contribution in [0.3, 0.4) is 0 Å². The molecule has 1 aromatic carbocycles. The van der Waals surface area contributed by atoms with Crippen molar-refractivity contribution in [2.75, 3.05) is 6.54 Å². The SMILES string of the molecule is CCNC(c1cc(C)oc1C)c1cccc2cccnc12. The molecular formula is C18H20N2O. The van der Waals surface area contributed by atoms with Gasteiger partial charge in [-0.3, -0.25) is 4.98 Å². The lowest BCUT2D eigenvalue weighted by atomic mass is 9.96. The van der Waals surface area contributed by atoms with Crippen LogP contribution in [-0.2, 0) is 0 Å². The Labute approximate surface area is 125 Å². The minimum absolute atomic E-state index is 0.103. The number of para-hydroxylation sites is 1. The van der Waals surface area contributed by atoms with E-state index in [0.29, 0.717) is 0 Å². The van der Waals surface area contributed by atoms with Crippen LogP contribution in [0.25, 0.3) is 10.9 Å². The summed E-state index contributed by atoms with van der Waals surface area (Å²) in [5.74, 6) is 1.91. The van der Waals surface area contributed by atoms with Gasteiger partial charge >= 0.3 is 0 Å². The molecule has 0 saturated carbocycles. The molecule has 108 valence electrons. The predicted molar refractivity (Wildman–Crippen MR) is 85.4 cm³/mol. The minimum atomic E-state index is 0.103. The van der Waals surface area contributed by atoms with Crippen molar-refractivity contribution in [2.24, 2.45) is 0 Å². The van der Waals surface area contributed by atoms with Crippen LogP contribution in [0.4, 0.5) is 0 Å². The van der Waals surface area contributed by atoms with E-state index in [-0.39, 0.29) is 6.04 Å². The van der Waals surface area contributed by atoms with E-state index in [9.17, 15) is 0 Å². The molecule has 0 aliphatic heterocycles. The third-order valence-electron chi connectivity index (χ3n) is 3.77. The maximum absolute atomic E-state index is 5.71. The fraction of sp³-hybridized carbons (Fsp3) is 0.278. The van der Waals surface area contributed by atoms with Gasteiger partial charge in [-0.2, -0.15) is 0 Å². The van der Waals surface area contributed by atoms with E-state index in [2.05, 4.69) is 47.6 Å². The first-order chi connectivity index (χ1) is 10.2. The molecule has 21 heavy (non-hydrogen) atoms. The van der Waals surface area contributed by atoms with Gasteiger partial charge in [0.25, 0.3) is 0 Å². The topological polar surface area (TPSA) is 38.1 Å². The van der Waals surface area contributed by atoms with Crippen molar-refractivity contribution in [2.45, 2.75) is 26.8 Å². The Morgan fingerprint density at radius 2 is 1.95 bits per heavy atom. The van der Waals surface area contributed by atoms with Crippen LogP contribution in [0.15, 0.2) is 47.0 Å². The first-order valence-corrected chi connectivity index (χ1v) is 7.34. The number of nitrogens with one attached hydrogen (secondary N) is 1. The molecule has 0 spiro atoms. The molecule has 0 saturated heterocycles. The number of nitrogens with zero attached hydrogens (tertiary/aromatic N) is 1. The molecule has 3 aromatic rings. The van der Waals surface area contributed by atoms with Gasteiger partial charge in [0, 0.05) is 17.1 Å². The molecule has 3 nitrogen and oxygen atoms in total. The summed E-state index contributed by atoms with van der Waals surface area (Å²) in [6, 6.07) is 12.6. The number of aromatic nitrogens is 1. The molecule has 3 rings (SSSR count). The summed E-state index contributed by atoms with van der Waals surface area (Å²) in [5.41, 5.74) is 3.43. The molecule has 1 unspecified atom stereocenters. The van der Waals surface area contributed by atoms with Crippen molar-refractivity contribution in [1.29, 1.82) is 0 Å². The summed E-state index contributed by atoms with van der Waals surface area (Å²) in [5, 5.41) is 4.72. The quantitative estimate of drug-likeness (QED) is 0.780. The molecule has 0 amide bonds. The number of fused-ring (bicyclic) bond motifs is 1. The van der Waals surface area contributed by atoms with Gasteiger partial charge in [0.1, 0.15) is 11.5 Å². The second-order valence-corrected chi connectivity index (χ2v) is 5.28. The number of rotatable bonds is 4. The monoisotopic (exact) mass is 280 g/mol.